The summed E-state index contributed by atoms with van der Waals surface area (Å²) in [5.74, 6) is 1.75. The molecule has 0 spiro atoms. The third-order valence-electron chi connectivity index (χ3n) is 7.00. The molecule has 1 atom stereocenters. The molecule has 37 heavy (non-hydrogen) atoms. The van der Waals surface area contributed by atoms with Gasteiger partial charge in [-0.1, -0.05) is 36.4 Å². The number of nitrogens with zero attached hydrogens (tertiary/aromatic N) is 7. The summed E-state index contributed by atoms with van der Waals surface area (Å²) < 4.78 is 3.91. The van der Waals surface area contributed by atoms with Gasteiger partial charge in [0.2, 0.25) is 5.82 Å². The molecule has 4 aromatic heterocycles. The fraction of sp³-hybridized carbons (Fsp3) is 0.276. The van der Waals surface area contributed by atoms with E-state index in [4.69, 9.17) is 15.2 Å². The fourth-order valence-corrected chi connectivity index (χ4v) is 5.10. The summed E-state index contributed by atoms with van der Waals surface area (Å²) in [7, 11) is 0. The molecule has 1 aromatic carbocycles. The molecule has 1 aliphatic heterocycles. The predicted molar refractivity (Wildman–Crippen MR) is 144 cm³/mol. The summed E-state index contributed by atoms with van der Waals surface area (Å²) in [5, 5.41) is 9.83. The molecule has 8 heteroatoms. The van der Waals surface area contributed by atoms with Crippen molar-refractivity contribution in [1.29, 1.82) is 0 Å². The quantitative estimate of drug-likeness (QED) is 0.287. The lowest BCUT2D eigenvalue weighted by Crippen LogP contribution is -2.22. The number of aldehydes is 1. The van der Waals surface area contributed by atoms with Crippen molar-refractivity contribution in [1.82, 2.24) is 29.4 Å². The molecule has 1 aliphatic rings. The lowest BCUT2D eigenvalue weighted by molar-refractivity contribution is -0.108. The first kappa shape index (κ1) is 23.1. The highest BCUT2D eigenvalue weighted by molar-refractivity contribution is 5.98. The Morgan fingerprint density at radius 1 is 1.03 bits per heavy atom. The van der Waals surface area contributed by atoms with E-state index in [9.17, 15) is 4.79 Å². The molecule has 0 radical (unpaired) electrons. The number of fused-ring (bicyclic) bond motifs is 1. The highest BCUT2D eigenvalue weighted by Crippen LogP contribution is 2.41. The molecule has 1 saturated heterocycles. The van der Waals surface area contributed by atoms with Crippen LogP contribution < -0.4 is 4.90 Å². The standard InChI is InChI=1S/C29H29N7O/c1-20(2)35-16-12-24(32-35)23-19-36-27(26(23)22-8-4-3-5-9-22)29(34-15-11-21(18-34)13-17-37)31-28(33-36)25-10-6-7-14-30-25/h3-10,12,14,16-17,19-21H,11,13,15,18H2,1-2H3. The van der Waals surface area contributed by atoms with E-state index in [2.05, 4.69) is 48.1 Å². The van der Waals surface area contributed by atoms with Crippen LogP contribution in [0.25, 0.3) is 39.4 Å². The van der Waals surface area contributed by atoms with E-state index in [0.29, 0.717) is 18.2 Å². The number of rotatable bonds is 7. The summed E-state index contributed by atoms with van der Waals surface area (Å²) in [6, 6.07) is 18.4. The van der Waals surface area contributed by atoms with Crippen LogP contribution in [0.1, 0.15) is 32.7 Å². The topological polar surface area (TPSA) is 81.2 Å². The SMILES string of the molecule is CC(C)n1ccc(-c2cn3nc(-c4ccccn4)nc(N4CCC(CC=O)C4)c3c2-c2ccccc2)n1. The van der Waals surface area contributed by atoms with Gasteiger partial charge in [-0.25, -0.2) is 9.50 Å². The second kappa shape index (κ2) is 9.61. The van der Waals surface area contributed by atoms with Crippen LogP contribution in [0.4, 0.5) is 5.82 Å². The first-order valence-electron chi connectivity index (χ1n) is 12.8. The van der Waals surface area contributed by atoms with Gasteiger partial charge in [0.1, 0.15) is 17.5 Å². The molecule has 0 aliphatic carbocycles. The molecule has 0 amide bonds. The number of pyridine rings is 1. The van der Waals surface area contributed by atoms with Crippen molar-refractivity contribution in [3.05, 3.63) is 73.2 Å². The smallest absolute Gasteiger partial charge is 0.200 e. The zero-order valence-corrected chi connectivity index (χ0v) is 21.0. The number of aromatic nitrogens is 6. The zero-order valence-electron chi connectivity index (χ0n) is 21.0. The lowest BCUT2D eigenvalue weighted by Gasteiger charge is -2.20. The van der Waals surface area contributed by atoms with Crippen molar-refractivity contribution >= 4 is 17.6 Å². The van der Waals surface area contributed by atoms with E-state index in [1.165, 1.54) is 0 Å². The van der Waals surface area contributed by atoms with Gasteiger partial charge in [-0.15, -0.1) is 5.10 Å². The largest absolute Gasteiger partial charge is 0.354 e. The van der Waals surface area contributed by atoms with E-state index < -0.39 is 0 Å². The Balaban J connectivity index is 1.62. The van der Waals surface area contributed by atoms with Gasteiger partial charge in [0.25, 0.3) is 0 Å². The van der Waals surface area contributed by atoms with E-state index >= 15 is 0 Å². The Kier molecular flexibility index (Phi) is 6.00. The van der Waals surface area contributed by atoms with Gasteiger partial charge < -0.3 is 9.69 Å². The molecular weight excluding hydrogens is 462 g/mol. The van der Waals surface area contributed by atoms with E-state index in [0.717, 1.165) is 65.2 Å². The van der Waals surface area contributed by atoms with E-state index in [1.807, 2.05) is 51.8 Å². The monoisotopic (exact) mass is 491 g/mol. The van der Waals surface area contributed by atoms with Crippen molar-refractivity contribution in [3.8, 4) is 33.9 Å². The van der Waals surface area contributed by atoms with Crippen LogP contribution in [0.2, 0.25) is 0 Å². The van der Waals surface area contributed by atoms with Crippen LogP contribution in [-0.2, 0) is 4.79 Å². The van der Waals surface area contributed by atoms with Crippen molar-refractivity contribution in [2.75, 3.05) is 18.0 Å². The van der Waals surface area contributed by atoms with Crippen LogP contribution in [-0.4, -0.2) is 48.7 Å². The maximum absolute atomic E-state index is 11.2. The molecule has 8 nitrogen and oxygen atoms in total. The number of hydrogen-bond acceptors (Lipinski definition) is 6. The van der Waals surface area contributed by atoms with Crippen molar-refractivity contribution in [3.63, 3.8) is 0 Å². The van der Waals surface area contributed by atoms with Gasteiger partial charge >= 0.3 is 0 Å². The number of hydrogen-bond donors (Lipinski definition) is 0. The van der Waals surface area contributed by atoms with Crippen molar-refractivity contribution < 1.29 is 4.79 Å². The van der Waals surface area contributed by atoms with Gasteiger partial charge in [-0.05, 0) is 49.9 Å². The highest BCUT2D eigenvalue weighted by atomic mass is 16.1. The van der Waals surface area contributed by atoms with Gasteiger partial charge in [0, 0.05) is 55.3 Å². The Morgan fingerprint density at radius 2 is 1.86 bits per heavy atom. The number of anilines is 1. The Morgan fingerprint density at radius 3 is 2.59 bits per heavy atom. The molecule has 186 valence electrons. The first-order valence-corrected chi connectivity index (χ1v) is 12.8. The highest BCUT2D eigenvalue weighted by Gasteiger charge is 2.29. The maximum Gasteiger partial charge on any atom is 0.200 e. The van der Waals surface area contributed by atoms with Crippen molar-refractivity contribution in [2.45, 2.75) is 32.7 Å². The zero-order chi connectivity index (χ0) is 25.4. The summed E-state index contributed by atoms with van der Waals surface area (Å²) in [6.45, 7) is 5.86. The van der Waals surface area contributed by atoms with Gasteiger partial charge in [-0.3, -0.25) is 9.67 Å². The third kappa shape index (κ3) is 4.28. The van der Waals surface area contributed by atoms with Crippen LogP contribution in [0, 0.1) is 5.92 Å². The third-order valence-corrected chi connectivity index (χ3v) is 7.00. The minimum absolute atomic E-state index is 0.261. The summed E-state index contributed by atoms with van der Waals surface area (Å²) in [5.41, 5.74) is 5.68. The van der Waals surface area contributed by atoms with E-state index in [1.54, 1.807) is 6.20 Å². The number of benzene rings is 1. The predicted octanol–water partition coefficient (Wildman–Crippen LogP) is 5.32. The minimum atomic E-state index is 0.261. The second-order valence-electron chi connectivity index (χ2n) is 9.83. The second-order valence-corrected chi connectivity index (χ2v) is 9.83. The molecule has 1 unspecified atom stereocenters. The average Bonchev–Trinajstić information content (AvgIpc) is 3.68. The minimum Gasteiger partial charge on any atom is -0.354 e. The average molecular weight is 492 g/mol. The normalized spacial score (nSPS) is 15.6. The molecule has 5 aromatic rings. The Hall–Kier alpha value is -4.33. The van der Waals surface area contributed by atoms with Gasteiger partial charge in [0.15, 0.2) is 5.82 Å². The lowest BCUT2D eigenvalue weighted by atomic mass is 10.0. The number of carbonyl (C=O) groups is 1. The molecule has 1 fully saturated rings. The number of carbonyl (C=O) groups excluding carboxylic acids is 1. The fourth-order valence-electron chi connectivity index (χ4n) is 5.10. The summed E-state index contributed by atoms with van der Waals surface area (Å²) in [6.07, 6.45) is 8.39. The van der Waals surface area contributed by atoms with Gasteiger partial charge in [0.05, 0.1) is 5.69 Å². The van der Waals surface area contributed by atoms with Crippen molar-refractivity contribution in [2.24, 2.45) is 5.92 Å². The molecule has 0 saturated carbocycles. The van der Waals surface area contributed by atoms with Gasteiger partial charge in [-0.2, -0.15) is 5.10 Å². The maximum atomic E-state index is 11.2. The van der Waals surface area contributed by atoms with Crippen LogP contribution >= 0.6 is 0 Å². The van der Waals surface area contributed by atoms with Crippen LogP contribution in [0.3, 0.4) is 0 Å². The molecule has 6 rings (SSSR count). The molecule has 0 bridgehead atoms. The first-order chi connectivity index (χ1) is 18.1. The Labute approximate surface area is 215 Å². The molecule has 5 heterocycles. The summed E-state index contributed by atoms with van der Waals surface area (Å²) in [4.78, 5) is 23.1. The van der Waals surface area contributed by atoms with E-state index in [-0.39, 0.29) is 6.04 Å². The summed E-state index contributed by atoms with van der Waals surface area (Å²) >= 11 is 0. The molecular formula is C29H29N7O. The Bertz CT molecular complexity index is 1540. The molecule has 0 N–H and O–H groups in total. The van der Waals surface area contributed by atoms with Crippen LogP contribution in [0.15, 0.2) is 73.2 Å². The van der Waals surface area contributed by atoms with Crippen LogP contribution in [0.5, 0.6) is 0 Å².